The number of alkyl halides is 3. The third-order valence-corrected chi connectivity index (χ3v) is 1.70. The Morgan fingerprint density at radius 1 is 1.27 bits per heavy atom. The summed E-state index contributed by atoms with van der Waals surface area (Å²) >= 11 is 15.6. The van der Waals surface area contributed by atoms with E-state index in [0.717, 1.165) is 7.11 Å². The number of Topliss-reactive ketones (excluding diaryl/α,β-unsaturated/α-hetero) is 1. The molecule has 0 aromatic carbocycles. The normalized spacial score (nSPS) is 12.8. The second kappa shape index (κ2) is 4.80. The molecule has 0 heterocycles. The van der Waals surface area contributed by atoms with Gasteiger partial charge in [-0.15, -0.1) is 11.6 Å². The Morgan fingerprint density at radius 2 is 1.73 bits per heavy atom. The molecule has 1 atom stereocenters. The van der Waals surface area contributed by atoms with Gasteiger partial charge in [0.25, 0.3) is 0 Å². The van der Waals surface area contributed by atoms with E-state index < -0.39 is 22.0 Å². The number of methoxy groups -OCH3 is 1. The standard InChI is InChI=1S/C5H5Cl3O3/c1-11-5(10)2(6)3(9)4(7)8/h2,4H,1H3. The van der Waals surface area contributed by atoms with Crippen LogP contribution in [0.3, 0.4) is 0 Å². The first-order chi connectivity index (χ1) is 5.00. The topological polar surface area (TPSA) is 43.4 Å². The van der Waals surface area contributed by atoms with Crippen LogP contribution in [-0.4, -0.2) is 29.1 Å². The molecule has 0 aliphatic rings. The molecule has 64 valence electrons. The Labute approximate surface area is 78.5 Å². The Kier molecular flexibility index (Phi) is 4.81. The van der Waals surface area contributed by atoms with Gasteiger partial charge in [0.1, 0.15) is 0 Å². The largest absolute Gasteiger partial charge is 0.468 e. The average molecular weight is 219 g/mol. The van der Waals surface area contributed by atoms with Crippen LogP contribution in [0.2, 0.25) is 0 Å². The average Bonchev–Trinajstić information content (AvgIpc) is 2.00. The molecular weight excluding hydrogens is 214 g/mol. The number of rotatable bonds is 3. The van der Waals surface area contributed by atoms with Gasteiger partial charge in [-0.2, -0.15) is 0 Å². The van der Waals surface area contributed by atoms with Crippen LogP contribution in [0.15, 0.2) is 0 Å². The van der Waals surface area contributed by atoms with Crippen molar-refractivity contribution in [1.29, 1.82) is 0 Å². The second-order valence-electron chi connectivity index (χ2n) is 1.59. The van der Waals surface area contributed by atoms with Gasteiger partial charge in [-0.25, -0.2) is 4.79 Å². The van der Waals surface area contributed by atoms with E-state index in [9.17, 15) is 9.59 Å². The van der Waals surface area contributed by atoms with Crippen molar-refractivity contribution in [1.82, 2.24) is 0 Å². The maximum atomic E-state index is 10.7. The fourth-order valence-electron chi connectivity index (χ4n) is 0.330. The van der Waals surface area contributed by atoms with E-state index in [-0.39, 0.29) is 0 Å². The van der Waals surface area contributed by atoms with Crippen molar-refractivity contribution >= 4 is 46.6 Å². The third kappa shape index (κ3) is 3.27. The highest BCUT2D eigenvalue weighted by Crippen LogP contribution is 2.11. The van der Waals surface area contributed by atoms with Gasteiger partial charge in [0.2, 0.25) is 0 Å². The van der Waals surface area contributed by atoms with Crippen LogP contribution in [0.4, 0.5) is 0 Å². The van der Waals surface area contributed by atoms with Gasteiger partial charge in [-0.1, -0.05) is 23.2 Å². The van der Waals surface area contributed by atoms with E-state index >= 15 is 0 Å². The molecule has 11 heavy (non-hydrogen) atoms. The van der Waals surface area contributed by atoms with Crippen LogP contribution >= 0.6 is 34.8 Å². The van der Waals surface area contributed by atoms with E-state index in [0.29, 0.717) is 0 Å². The molecule has 0 saturated carbocycles. The Hall–Kier alpha value is 0.01000. The maximum Gasteiger partial charge on any atom is 0.331 e. The lowest BCUT2D eigenvalue weighted by atomic mass is 10.3. The van der Waals surface area contributed by atoms with Gasteiger partial charge in [0, 0.05) is 0 Å². The summed E-state index contributed by atoms with van der Waals surface area (Å²) in [5.41, 5.74) is 0. The lowest BCUT2D eigenvalue weighted by molar-refractivity contribution is -0.142. The SMILES string of the molecule is COC(=O)C(Cl)C(=O)C(Cl)Cl. The maximum absolute atomic E-state index is 10.7. The number of hydrogen-bond acceptors (Lipinski definition) is 3. The van der Waals surface area contributed by atoms with E-state index in [2.05, 4.69) is 4.74 Å². The molecule has 0 bridgehead atoms. The molecule has 0 radical (unpaired) electrons. The summed E-state index contributed by atoms with van der Waals surface area (Å²) in [5, 5.41) is -1.42. The minimum absolute atomic E-state index is 0.776. The van der Waals surface area contributed by atoms with Crippen molar-refractivity contribution in [3.8, 4) is 0 Å². The molecule has 3 nitrogen and oxygen atoms in total. The van der Waals surface area contributed by atoms with Crippen molar-refractivity contribution in [3.05, 3.63) is 0 Å². The van der Waals surface area contributed by atoms with E-state index in [1.807, 2.05) is 0 Å². The van der Waals surface area contributed by atoms with Crippen molar-refractivity contribution in [3.63, 3.8) is 0 Å². The third-order valence-electron chi connectivity index (χ3n) is 0.873. The number of esters is 1. The van der Waals surface area contributed by atoms with Crippen LogP contribution in [0, 0.1) is 0 Å². The van der Waals surface area contributed by atoms with Gasteiger partial charge in [-0.3, -0.25) is 4.79 Å². The van der Waals surface area contributed by atoms with Crippen molar-refractivity contribution in [2.24, 2.45) is 0 Å². The number of ketones is 1. The van der Waals surface area contributed by atoms with E-state index in [1.54, 1.807) is 0 Å². The van der Waals surface area contributed by atoms with Crippen LogP contribution in [0.25, 0.3) is 0 Å². The van der Waals surface area contributed by atoms with Gasteiger partial charge < -0.3 is 4.74 Å². The first-order valence-electron chi connectivity index (χ1n) is 2.54. The van der Waals surface area contributed by atoms with Crippen molar-refractivity contribution < 1.29 is 14.3 Å². The monoisotopic (exact) mass is 218 g/mol. The minimum Gasteiger partial charge on any atom is -0.468 e. The smallest absolute Gasteiger partial charge is 0.331 e. The first kappa shape index (κ1) is 11.0. The number of carbonyl (C=O) groups excluding carboxylic acids is 2. The van der Waals surface area contributed by atoms with Crippen LogP contribution in [0.1, 0.15) is 0 Å². The molecule has 0 N–H and O–H groups in total. The highest BCUT2D eigenvalue weighted by molar-refractivity contribution is 6.58. The zero-order valence-electron chi connectivity index (χ0n) is 5.51. The molecule has 0 rings (SSSR count). The fraction of sp³-hybridized carbons (Fsp3) is 0.600. The Bertz CT molecular complexity index is 168. The molecule has 1 unspecified atom stereocenters. The molecule has 0 saturated heterocycles. The highest BCUT2D eigenvalue weighted by Gasteiger charge is 2.28. The van der Waals surface area contributed by atoms with Gasteiger partial charge >= 0.3 is 5.97 Å². The fourth-order valence-corrected chi connectivity index (χ4v) is 0.926. The Morgan fingerprint density at radius 3 is 2.00 bits per heavy atom. The van der Waals surface area contributed by atoms with Crippen LogP contribution in [0.5, 0.6) is 0 Å². The molecule has 0 aromatic heterocycles. The first-order valence-corrected chi connectivity index (χ1v) is 3.85. The molecular formula is C5H5Cl3O3. The Balaban J connectivity index is 4.13. The summed E-state index contributed by atoms with van der Waals surface area (Å²) in [6, 6.07) is 0. The number of hydrogen-bond donors (Lipinski definition) is 0. The summed E-state index contributed by atoms with van der Waals surface area (Å²) < 4.78 is 4.17. The zero-order chi connectivity index (χ0) is 9.02. The lowest BCUT2D eigenvalue weighted by Gasteiger charge is -2.05. The molecule has 0 fully saturated rings. The summed E-state index contributed by atoms with van der Waals surface area (Å²) in [7, 11) is 1.11. The molecule has 0 aromatic rings. The van der Waals surface area contributed by atoms with Crippen LogP contribution in [-0.2, 0) is 14.3 Å². The van der Waals surface area contributed by atoms with Gasteiger partial charge in [0.15, 0.2) is 16.0 Å². The molecule has 6 heteroatoms. The van der Waals surface area contributed by atoms with Crippen LogP contribution < -0.4 is 0 Å². The van der Waals surface area contributed by atoms with E-state index in [1.165, 1.54) is 0 Å². The van der Waals surface area contributed by atoms with Crippen molar-refractivity contribution in [2.45, 2.75) is 10.2 Å². The highest BCUT2D eigenvalue weighted by atomic mass is 35.5. The second-order valence-corrected chi connectivity index (χ2v) is 3.12. The van der Waals surface area contributed by atoms with E-state index in [4.69, 9.17) is 34.8 Å². The van der Waals surface area contributed by atoms with Gasteiger partial charge in [0.05, 0.1) is 7.11 Å². The number of ether oxygens (including phenoxy) is 1. The summed E-state index contributed by atoms with van der Waals surface area (Å²) in [4.78, 5) is 20.0. The molecule has 0 aliphatic carbocycles. The minimum atomic E-state index is -1.42. The number of halogens is 3. The molecule has 0 aliphatic heterocycles. The molecule has 0 spiro atoms. The summed E-state index contributed by atoms with van der Waals surface area (Å²) in [5.74, 6) is -1.63. The summed E-state index contributed by atoms with van der Waals surface area (Å²) in [6.45, 7) is 0. The predicted octanol–water partition coefficient (Wildman–Crippen LogP) is 1.14. The quantitative estimate of drug-likeness (QED) is 0.406. The molecule has 0 amide bonds. The zero-order valence-corrected chi connectivity index (χ0v) is 7.78. The summed E-state index contributed by atoms with van der Waals surface area (Å²) in [6.07, 6.45) is 0. The lowest BCUT2D eigenvalue weighted by Crippen LogP contribution is -2.29. The van der Waals surface area contributed by atoms with Gasteiger partial charge in [-0.05, 0) is 0 Å². The number of carbonyl (C=O) groups is 2. The predicted molar refractivity (Wildman–Crippen MR) is 42.2 cm³/mol. The van der Waals surface area contributed by atoms with Crippen molar-refractivity contribution in [2.75, 3.05) is 7.11 Å².